The molecule has 1 saturated carbocycles. The zero-order chi connectivity index (χ0) is 24.1. The Labute approximate surface area is 205 Å². The van der Waals surface area contributed by atoms with E-state index in [0.29, 0.717) is 5.92 Å². The van der Waals surface area contributed by atoms with E-state index in [0.717, 1.165) is 72.8 Å². The van der Waals surface area contributed by atoms with Crippen LogP contribution in [0.3, 0.4) is 0 Å². The minimum atomic E-state index is -0.576. The van der Waals surface area contributed by atoms with Gasteiger partial charge >= 0.3 is 0 Å². The number of hydrogen-bond donors (Lipinski definition) is 1. The summed E-state index contributed by atoms with van der Waals surface area (Å²) < 4.78 is 27.5. The van der Waals surface area contributed by atoms with Crippen molar-refractivity contribution in [2.24, 2.45) is 11.8 Å². The van der Waals surface area contributed by atoms with Crippen LogP contribution in [-0.4, -0.2) is 30.6 Å². The first-order valence-corrected chi connectivity index (χ1v) is 12.6. The van der Waals surface area contributed by atoms with E-state index in [1.807, 2.05) is 26.2 Å². The number of nitrogens with one attached hydrogen (secondary N) is 1. The monoisotopic (exact) mass is 486 g/mol. The molecular weight excluding hydrogens is 454 g/mol. The molecule has 4 rings (SSSR count). The van der Waals surface area contributed by atoms with E-state index >= 15 is 0 Å². The van der Waals surface area contributed by atoms with Gasteiger partial charge in [-0.25, -0.2) is 18.7 Å². The smallest absolute Gasteiger partial charge is 0.142 e. The van der Waals surface area contributed by atoms with Gasteiger partial charge in [0.25, 0.3) is 0 Å². The van der Waals surface area contributed by atoms with Gasteiger partial charge in [-0.1, -0.05) is 43.0 Å². The summed E-state index contributed by atoms with van der Waals surface area (Å²) in [5.41, 5.74) is 1.22. The zero-order valence-corrected chi connectivity index (χ0v) is 20.7. The highest BCUT2D eigenvalue weighted by molar-refractivity contribution is 6.31. The molecule has 0 bridgehead atoms. The number of anilines is 1. The Bertz CT molecular complexity index is 1110. The molecule has 0 radical (unpaired) electrons. The summed E-state index contributed by atoms with van der Waals surface area (Å²) in [4.78, 5) is 11.7. The second-order valence-corrected chi connectivity index (χ2v) is 9.98. The molecule has 0 spiro atoms. The Morgan fingerprint density at radius 1 is 0.971 bits per heavy atom. The van der Waals surface area contributed by atoms with Gasteiger partial charge in [0.15, 0.2) is 0 Å². The number of aryl methyl sites for hydroxylation is 1. The first-order valence-electron chi connectivity index (χ1n) is 12.2. The third kappa shape index (κ3) is 6.02. The molecule has 1 heterocycles. The van der Waals surface area contributed by atoms with Crippen LogP contribution in [0.4, 0.5) is 14.6 Å². The van der Waals surface area contributed by atoms with E-state index < -0.39 is 11.6 Å². The lowest BCUT2D eigenvalue weighted by Crippen LogP contribution is -2.26. The van der Waals surface area contributed by atoms with Crippen molar-refractivity contribution in [3.63, 3.8) is 0 Å². The number of para-hydroxylation sites is 1. The van der Waals surface area contributed by atoms with Crippen molar-refractivity contribution < 1.29 is 8.78 Å². The zero-order valence-electron chi connectivity index (χ0n) is 20.0. The van der Waals surface area contributed by atoms with Crippen LogP contribution in [0.25, 0.3) is 10.9 Å². The second-order valence-electron chi connectivity index (χ2n) is 9.61. The molecule has 1 aliphatic carbocycles. The molecule has 0 atom stereocenters. The van der Waals surface area contributed by atoms with Crippen LogP contribution in [0.5, 0.6) is 0 Å². The van der Waals surface area contributed by atoms with Gasteiger partial charge in [0.05, 0.1) is 10.5 Å². The highest BCUT2D eigenvalue weighted by atomic mass is 35.5. The van der Waals surface area contributed by atoms with E-state index in [4.69, 9.17) is 21.6 Å². The normalized spacial score (nSPS) is 18.4. The maximum Gasteiger partial charge on any atom is 0.142 e. The lowest BCUT2D eigenvalue weighted by atomic mass is 9.80. The first-order chi connectivity index (χ1) is 16.4. The number of rotatable bonds is 9. The number of aromatic nitrogens is 2. The maximum atomic E-state index is 13.9. The second kappa shape index (κ2) is 11.4. The number of hydrogen-bond acceptors (Lipinski definition) is 4. The van der Waals surface area contributed by atoms with Crippen molar-refractivity contribution >= 4 is 28.3 Å². The Hall–Kier alpha value is -2.31. The molecule has 1 fully saturated rings. The van der Waals surface area contributed by atoms with Crippen LogP contribution in [-0.2, 0) is 13.0 Å². The van der Waals surface area contributed by atoms with Gasteiger partial charge in [0.1, 0.15) is 23.3 Å². The van der Waals surface area contributed by atoms with Crippen LogP contribution in [0, 0.1) is 23.5 Å². The summed E-state index contributed by atoms with van der Waals surface area (Å²) in [7, 11) is 4.05. The molecule has 0 unspecified atom stereocenters. The Morgan fingerprint density at radius 3 is 2.44 bits per heavy atom. The SMILES string of the molecule is CN(C)c1nc(CCCC2CCC(CNCc3c(F)ccc(F)c3Cl)CC2)nc2ccccc12. The standard InChI is InChI=1S/C27H33ClF2N4/c1-34(2)27-20-7-3-4-8-24(20)32-25(33-27)9-5-6-18-10-12-19(13-11-18)16-31-17-21-22(29)14-15-23(30)26(21)28/h3-4,7-8,14-15,18-19,31H,5-6,9-13,16-17H2,1-2H3. The van der Waals surface area contributed by atoms with Crippen molar-refractivity contribution in [1.29, 1.82) is 0 Å². The Balaban J connectivity index is 1.21. The minimum Gasteiger partial charge on any atom is -0.362 e. The summed E-state index contributed by atoms with van der Waals surface area (Å²) >= 11 is 5.92. The maximum absolute atomic E-state index is 13.9. The molecule has 0 amide bonds. The van der Waals surface area contributed by atoms with Crippen molar-refractivity contribution in [2.45, 2.75) is 51.5 Å². The predicted molar refractivity (Wildman–Crippen MR) is 135 cm³/mol. The molecule has 182 valence electrons. The van der Waals surface area contributed by atoms with E-state index in [9.17, 15) is 8.78 Å². The Kier molecular flexibility index (Phi) is 8.32. The summed E-state index contributed by atoms with van der Waals surface area (Å²) in [6.07, 6.45) is 7.93. The summed E-state index contributed by atoms with van der Waals surface area (Å²) in [5, 5.41) is 4.24. The van der Waals surface area contributed by atoms with Crippen LogP contribution in [0.1, 0.15) is 49.9 Å². The van der Waals surface area contributed by atoms with Gasteiger partial charge in [-0.2, -0.15) is 0 Å². The molecule has 0 aliphatic heterocycles. The lowest BCUT2D eigenvalue weighted by molar-refractivity contribution is 0.253. The third-order valence-corrected chi connectivity index (χ3v) is 7.31. The molecule has 1 aliphatic rings. The van der Waals surface area contributed by atoms with Gasteiger partial charge in [-0.3, -0.25) is 0 Å². The van der Waals surface area contributed by atoms with Crippen LogP contribution >= 0.6 is 11.6 Å². The third-order valence-electron chi connectivity index (χ3n) is 6.91. The van der Waals surface area contributed by atoms with E-state index in [1.54, 1.807) is 0 Å². The fourth-order valence-electron chi connectivity index (χ4n) is 4.96. The number of benzene rings is 2. The van der Waals surface area contributed by atoms with Crippen molar-refractivity contribution in [1.82, 2.24) is 15.3 Å². The number of fused-ring (bicyclic) bond motifs is 1. The van der Waals surface area contributed by atoms with Gasteiger partial charge in [0, 0.05) is 38.0 Å². The molecule has 34 heavy (non-hydrogen) atoms. The largest absolute Gasteiger partial charge is 0.362 e. The van der Waals surface area contributed by atoms with Crippen molar-refractivity contribution in [3.05, 3.63) is 64.4 Å². The van der Waals surface area contributed by atoms with Crippen molar-refractivity contribution in [3.8, 4) is 0 Å². The highest BCUT2D eigenvalue weighted by Gasteiger charge is 2.21. The average Bonchev–Trinajstić information content (AvgIpc) is 2.84. The topological polar surface area (TPSA) is 41.1 Å². The molecule has 7 heteroatoms. The lowest BCUT2D eigenvalue weighted by Gasteiger charge is -2.28. The summed E-state index contributed by atoms with van der Waals surface area (Å²) in [5.74, 6) is 2.16. The van der Waals surface area contributed by atoms with Gasteiger partial charge in [-0.15, -0.1) is 0 Å². The van der Waals surface area contributed by atoms with Crippen molar-refractivity contribution in [2.75, 3.05) is 25.5 Å². The van der Waals surface area contributed by atoms with E-state index in [-0.39, 0.29) is 17.1 Å². The number of halogens is 3. The molecule has 1 N–H and O–H groups in total. The fourth-order valence-corrected chi connectivity index (χ4v) is 5.19. The summed E-state index contributed by atoms with van der Waals surface area (Å²) in [6, 6.07) is 10.4. The molecule has 2 aromatic carbocycles. The first kappa shape index (κ1) is 24.8. The Morgan fingerprint density at radius 2 is 1.68 bits per heavy atom. The van der Waals surface area contributed by atoms with E-state index in [1.165, 1.54) is 19.3 Å². The van der Waals surface area contributed by atoms with E-state index in [2.05, 4.69) is 22.3 Å². The highest BCUT2D eigenvalue weighted by Crippen LogP contribution is 2.32. The van der Waals surface area contributed by atoms with Gasteiger partial charge < -0.3 is 10.2 Å². The quantitative estimate of drug-likeness (QED) is 0.348. The number of nitrogens with zero attached hydrogens (tertiary/aromatic N) is 3. The van der Waals surface area contributed by atoms with Crippen LogP contribution < -0.4 is 10.2 Å². The predicted octanol–water partition coefficient (Wildman–Crippen LogP) is 6.55. The van der Waals surface area contributed by atoms with Crippen LogP contribution in [0.15, 0.2) is 36.4 Å². The molecule has 3 aromatic rings. The molecule has 0 saturated heterocycles. The van der Waals surface area contributed by atoms with Gasteiger partial charge in [0.2, 0.25) is 0 Å². The van der Waals surface area contributed by atoms with Gasteiger partial charge in [-0.05, 0) is 61.9 Å². The molecule has 1 aromatic heterocycles. The molecular formula is C27H33ClF2N4. The fraction of sp³-hybridized carbons (Fsp3) is 0.481. The summed E-state index contributed by atoms with van der Waals surface area (Å²) in [6.45, 7) is 1.06. The van der Waals surface area contributed by atoms with Crippen LogP contribution in [0.2, 0.25) is 5.02 Å². The minimum absolute atomic E-state index is 0.121. The average molecular weight is 487 g/mol. The molecule has 4 nitrogen and oxygen atoms in total.